The molecular formula is C22H32N2O4. The zero-order valence-electron chi connectivity index (χ0n) is 17.7. The van der Waals surface area contributed by atoms with E-state index in [4.69, 9.17) is 4.74 Å². The lowest BCUT2D eigenvalue weighted by Crippen LogP contribution is -2.45. The Bertz CT molecular complexity index is 782. The number of ketones is 1. The van der Waals surface area contributed by atoms with E-state index >= 15 is 0 Å². The fourth-order valence-electron chi connectivity index (χ4n) is 4.67. The maximum atomic E-state index is 12.5. The molecule has 2 heterocycles. The van der Waals surface area contributed by atoms with Crippen molar-refractivity contribution in [3.8, 4) is 0 Å². The highest BCUT2D eigenvalue weighted by Gasteiger charge is 2.42. The van der Waals surface area contributed by atoms with Gasteiger partial charge in [0.25, 0.3) is 0 Å². The second-order valence-corrected chi connectivity index (χ2v) is 8.66. The predicted octanol–water partition coefficient (Wildman–Crippen LogP) is 3.04. The molecule has 1 aliphatic heterocycles. The largest absolute Gasteiger partial charge is 0.457 e. The van der Waals surface area contributed by atoms with E-state index in [1.54, 1.807) is 0 Å². The number of amides is 1. The molecule has 2 aliphatic rings. The Labute approximate surface area is 167 Å². The van der Waals surface area contributed by atoms with Crippen molar-refractivity contribution in [1.29, 1.82) is 0 Å². The van der Waals surface area contributed by atoms with Crippen LogP contribution in [0.1, 0.15) is 61.3 Å². The topological polar surface area (TPSA) is 68.6 Å². The van der Waals surface area contributed by atoms with Gasteiger partial charge in [-0.1, -0.05) is 26.7 Å². The second kappa shape index (κ2) is 8.10. The molecule has 0 bridgehead atoms. The molecule has 154 valence electrons. The summed E-state index contributed by atoms with van der Waals surface area (Å²) in [6, 6.07) is 2.03. The van der Waals surface area contributed by atoms with Gasteiger partial charge in [-0.15, -0.1) is 0 Å². The molecule has 28 heavy (non-hydrogen) atoms. The van der Waals surface area contributed by atoms with E-state index in [0.717, 1.165) is 24.2 Å². The fraction of sp³-hybridized carbons (Fsp3) is 0.682. The number of aromatic nitrogens is 1. The highest BCUT2D eigenvalue weighted by Crippen LogP contribution is 2.35. The van der Waals surface area contributed by atoms with Gasteiger partial charge in [-0.2, -0.15) is 0 Å². The number of carbonyl (C=O) groups excluding carboxylic acids is 3. The zero-order chi connectivity index (χ0) is 20.6. The Balaban J connectivity index is 1.57. The number of aryl methyl sites for hydroxylation is 1. The van der Waals surface area contributed by atoms with Crippen LogP contribution in [0, 0.1) is 31.6 Å². The summed E-state index contributed by atoms with van der Waals surface area (Å²) in [6.45, 7) is 8.39. The third-order valence-electron chi connectivity index (χ3n) is 6.98. The van der Waals surface area contributed by atoms with Crippen molar-refractivity contribution in [2.24, 2.45) is 24.8 Å². The SMILES string of the molecule is Cc1cc(C(=O)COC(=O)[C@@H]2CC(=O)N([C@@H]3CCC[C@H](C)[C@@H]3C)C2)c(C)n1C. The van der Waals surface area contributed by atoms with Crippen molar-refractivity contribution in [3.63, 3.8) is 0 Å². The van der Waals surface area contributed by atoms with Crippen molar-refractivity contribution >= 4 is 17.7 Å². The van der Waals surface area contributed by atoms with Gasteiger partial charge in [-0.25, -0.2) is 0 Å². The molecule has 6 heteroatoms. The first kappa shape index (κ1) is 20.6. The number of ether oxygens (including phenoxy) is 1. The van der Waals surface area contributed by atoms with E-state index in [0.29, 0.717) is 23.9 Å². The number of hydrogen-bond donors (Lipinski definition) is 0. The summed E-state index contributed by atoms with van der Waals surface area (Å²) >= 11 is 0. The molecule has 0 spiro atoms. The van der Waals surface area contributed by atoms with Crippen LogP contribution in [0.3, 0.4) is 0 Å². The van der Waals surface area contributed by atoms with Gasteiger partial charge in [0.1, 0.15) is 0 Å². The Morgan fingerprint density at radius 3 is 2.57 bits per heavy atom. The highest BCUT2D eigenvalue weighted by atomic mass is 16.5. The van der Waals surface area contributed by atoms with E-state index in [1.807, 2.05) is 36.4 Å². The van der Waals surface area contributed by atoms with Crippen LogP contribution >= 0.6 is 0 Å². The average Bonchev–Trinajstić information content (AvgIpc) is 3.17. The van der Waals surface area contributed by atoms with Crippen molar-refractivity contribution in [2.45, 2.75) is 59.4 Å². The Kier molecular flexibility index (Phi) is 5.96. The van der Waals surface area contributed by atoms with Gasteiger partial charge >= 0.3 is 5.97 Å². The molecule has 1 aliphatic carbocycles. The van der Waals surface area contributed by atoms with Gasteiger partial charge in [-0.3, -0.25) is 14.4 Å². The molecule has 0 N–H and O–H groups in total. The minimum Gasteiger partial charge on any atom is -0.457 e. The maximum Gasteiger partial charge on any atom is 0.311 e. The van der Waals surface area contributed by atoms with Gasteiger partial charge in [0.2, 0.25) is 11.7 Å². The van der Waals surface area contributed by atoms with E-state index in [9.17, 15) is 14.4 Å². The van der Waals surface area contributed by atoms with Crippen LogP contribution in [-0.4, -0.2) is 46.3 Å². The normalized spacial score (nSPS) is 27.9. The number of esters is 1. The first-order valence-corrected chi connectivity index (χ1v) is 10.3. The maximum absolute atomic E-state index is 12.5. The summed E-state index contributed by atoms with van der Waals surface area (Å²) in [5.41, 5.74) is 2.43. The monoisotopic (exact) mass is 388 g/mol. The zero-order valence-corrected chi connectivity index (χ0v) is 17.7. The molecule has 0 aromatic carbocycles. The van der Waals surface area contributed by atoms with Crippen LogP contribution in [-0.2, 0) is 21.4 Å². The molecule has 0 radical (unpaired) electrons. The molecule has 3 rings (SSSR count). The number of carbonyl (C=O) groups is 3. The lowest BCUT2D eigenvalue weighted by Gasteiger charge is -2.39. The van der Waals surface area contributed by atoms with Crippen molar-refractivity contribution < 1.29 is 19.1 Å². The van der Waals surface area contributed by atoms with Gasteiger partial charge in [0.15, 0.2) is 6.61 Å². The van der Waals surface area contributed by atoms with Crippen molar-refractivity contribution in [3.05, 3.63) is 23.0 Å². The molecule has 1 aromatic rings. The molecule has 2 fully saturated rings. The minimum atomic E-state index is -0.469. The molecule has 1 saturated heterocycles. The van der Waals surface area contributed by atoms with Crippen LogP contribution in [0.2, 0.25) is 0 Å². The molecule has 1 amide bonds. The van der Waals surface area contributed by atoms with Gasteiger partial charge < -0.3 is 14.2 Å². The quantitative estimate of drug-likeness (QED) is 0.574. The third kappa shape index (κ3) is 3.87. The standard InChI is InChI=1S/C22H32N2O4/c1-13-7-6-8-19(15(13)3)24-11-17(10-21(24)26)22(27)28-12-20(25)18-9-14(2)23(5)16(18)4/h9,13,15,17,19H,6-8,10-12H2,1-5H3/t13-,15-,17+,19+/m0/s1. The average molecular weight is 389 g/mol. The molecule has 1 saturated carbocycles. The van der Waals surface area contributed by atoms with E-state index < -0.39 is 11.9 Å². The third-order valence-corrected chi connectivity index (χ3v) is 6.98. The first-order chi connectivity index (χ1) is 13.2. The summed E-state index contributed by atoms with van der Waals surface area (Å²) in [4.78, 5) is 39.4. The molecule has 4 atom stereocenters. The van der Waals surface area contributed by atoms with Crippen LogP contribution in [0.25, 0.3) is 0 Å². The van der Waals surface area contributed by atoms with Crippen LogP contribution in [0.5, 0.6) is 0 Å². The Hall–Kier alpha value is -2.11. The molecule has 0 unspecified atom stereocenters. The van der Waals surface area contributed by atoms with Crippen molar-refractivity contribution in [1.82, 2.24) is 9.47 Å². The van der Waals surface area contributed by atoms with E-state index in [1.165, 1.54) is 6.42 Å². The Morgan fingerprint density at radius 1 is 1.21 bits per heavy atom. The molecule has 1 aromatic heterocycles. The Morgan fingerprint density at radius 2 is 1.93 bits per heavy atom. The lowest BCUT2D eigenvalue weighted by molar-refractivity contribution is -0.147. The highest BCUT2D eigenvalue weighted by molar-refractivity contribution is 5.99. The second-order valence-electron chi connectivity index (χ2n) is 8.66. The predicted molar refractivity (Wildman–Crippen MR) is 106 cm³/mol. The molecular weight excluding hydrogens is 356 g/mol. The molecule has 6 nitrogen and oxygen atoms in total. The number of rotatable bonds is 5. The lowest BCUT2D eigenvalue weighted by atomic mass is 9.77. The van der Waals surface area contributed by atoms with Gasteiger partial charge in [0.05, 0.1) is 5.92 Å². The first-order valence-electron chi connectivity index (χ1n) is 10.3. The summed E-state index contributed by atoms with van der Waals surface area (Å²) in [7, 11) is 1.90. The number of hydrogen-bond acceptors (Lipinski definition) is 4. The van der Waals surface area contributed by atoms with Crippen molar-refractivity contribution in [2.75, 3.05) is 13.2 Å². The van der Waals surface area contributed by atoms with E-state index in [-0.39, 0.29) is 30.8 Å². The number of Topliss-reactive ketones (excluding diaryl/α,β-unsaturated/α-hetero) is 1. The summed E-state index contributed by atoms with van der Waals surface area (Å²) in [5.74, 6) is -0.0420. The summed E-state index contributed by atoms with van der Waals surface area (Å²) in [6.07, 6.45) is 3.52. The smallest absolute Gasteiger partial charge is 0.311 e. The summed E-state index contributed by atoms with van der Waals surface area (Å²) in [5, 5.41) is 0. The van der Waals surface area contributed by atoms with E-state index in [2.05, 4.69) is 13.8 Å². The summed E-state index contributed by atoms with van der Waals surface area (Å²) < 4.78 is 7.24. The van der Waals surface area contributed by atoms with Gasteiger partial charge in [-0.05, 0) is 38.2 Å². The van der Waals surface area contributed by atoms with Crippen LogP contribution in [0.4, 0.5) is 0 Å². The fourth-order valence-corrected chi connectivity index (χ4v) is 4.67. The van der Waals surface area contributed by atoms with Gasteiger partial charge in [0, 0.05) is 43.0 Å². The van der Waals surface area contributed by atoms with Crippen LogP contribution < -0.4 is 0 Å². The van der Waals surface area contributed by atoms with Crippen LogP contribution in [0.15, 0.2) is 6.07 Å². The number of nitrogens with zero attached hydrogens (tertiary/aromatic N) is 2. The number of likely N-dealkylation sites (tertiary alicyclic amines) is 1. The minimum absolute atomic E-state index is 0.0359.